The van der Waals surface area contributed by atoms with Gasteiger partial charge in [0.15, 0.2) is 0 Å². The minimum absolute atomic E-state index is 0.0509. The lowest BCUT2D eigenvalue weighted by Gasteiger charge is -2.07. The van der Waals surface area contributed by atoms with Gasteiger partial charge < -0.3 is 10.4 Å². The van der Waals surface area contributed by atoms with Crippen molar-refractivity contribution in [3.8, 4) is 0 Å². The van der Waals surface area contributed by atoms with Gasteiger partial charge in [0.05, 0.1) is 11.3 Å². The molecular weight excluding hydrogens is 300 g/mol. The number of hydrogen-bond acceptors (Lipinski definition) is 4. The molecule has 2 N–H and O–H groups in total. The van der Waals surface area contributed by atoms with E-state index in [-0.39, 0.29) is 17.7 Å². The van der Waals surface area contributed by atoms with Crippen molar-refractivity contribution in [2.45, 2.75) is 13.3 Å². The fourth-order valence-corrected chi connectivity index (χ4v) is 2.14. The van der Waals surface area contributed by atoms with Gasteiger partial charge in [0.2, 0.25) is 0 Å². The van der Waals surface area contributed by atoms with E-state index in [2.05, 4.69) is 5.32 Å². The summed E-state index contributed by atoms with van der Waals surface area (Å²) in [6, 6.07) is 10.6. The van der Waals surface area contributed by atoms with E-state index in [1.807, 2.05) is 0 Å². The van der Waals surface area contributed by atoms with E-state index in [0.29, 0.717) is 16.8 Å². The lowest BCUT2D eigenvalue weighted by Crippen LogP contribution is -2.12. The zero-order chi connectivity index (χ0) is 17.0. The second-order valence-corrected chi connectivity index (χ2v) is 4.98. The van der Waals surface area contributed by atoms with Crippen molar-refractivity contribution in [3.63, 3.8) is 0 Å². The number of aryl methyl sites for hydroxylation is 1. The first kappa shape index (κ1) is 16.2. The molecule has 0 fully saturated rings. The quantitative estimate of drug-likeness (QED) is 0.651. The van der Waals surface area contributed by atoms with Crippen LogP contribution in [0.5, 0.6) is 0 Å². The number of amides is 1. The molecule has 0 radical (unpaired) electrons. The fourth-order valence-electron chi connectivity index (χ4n) is 2.14. The van der Waals surface area contributed by atoms with Crippen LogP contribution in [0.1, 0.15) is 21.5 Å². The first-order valence-corrected chi connectivity index (χ1v) is 6.74. The van der Waals surface area contributed by atoms with Crippen molar-refractivity contribution in [3.05, 3.63) is 69.3 Å². The Bertz CT molecular complexity index is 786. The number of nitrogens with zero attached hydrogens (tertiary/aromatic N) is 1. The summed E-state index contributed by atoms with van der Waals surface area (Å²) in [5.74, 6) is -1.38. The number of anilines is 1. The number of carbonyl (C=O) groups is 2. The predicted molar refractivity (Wildman–Crippen MR) is 83.6 cm³/mol. The SMILES string of the molecule is Cc1cc(C(=O)Nc2cccc(CC(=O)O)c2)ccc1[N+](=O)[O-]. The Morgan fingerprint density at radius 1 is 1.22 bits per heavy atom. The van der Waals surface area contributed by atoms with Crippen LogP contribution in [0.3, 0.4) is 0 Å². The summed E-state index contributed by atoms with van der Waals surface area (Å²) in [5, 5.41) is 22.2. The molecule has 0 aliphatic carbocycles. The first-order chi connectivity index (χ1) is 10.9. The van der Waals surface area contributed by atoms with Crippen LogP contribution < -0.4 is 5.32 Å². The molecule has 7 heteroatoms. The molecule has 0 aromatic heterocycles. The molecule has 0 atom stereocenters. The van der Waals surface area contributed by atoms with Gasteiger partial charge in [-0.05, 0) is 36.8 Å². The molecule has 2 aromatic rings. The van der Waals surface area contributed by atoms with Gasteiger partial charge in [-0.2, -0.15) is 0 Å². The zero-order valence-electron chi connectivity index (χ0n) is 12.3. The molecule has 7 nitrogen and oxygen atoms in total. The molecule has 0 spiro atoms. The van der Waals surface area contributed by atoms with Crippen LogP contribution in [-0.2, 0) is 11.2 Å². The number of nitro groups is 1. The monoisotopic (exact) mass is 314 g/mol. The zero-order valence-corrected chi connectivity index (χ0v) is 12.3. The normalized spacial score (nSPS) is 10.1. The maximum absolute atomic E-state index is 12.2. The molecule has 0 aliphatic rings. The summed E-state index contributed by atoms with van der Waals surface area (Å²) in [7, 11) is 0. The number of nitro benzene ring substituents is 1. The van der Waals surface area contributed by atoms with Gasteiger partial charge >= 0.3 is 5.97 Å². The summed E-state index contributed by atoms with van der Waals surface area (Å²) in [5.41, 5.74) is 1.66. The average Bonchev–Trinajstić information content (AvgIpc) is 2.46. The summed E-state index contributed by atoms with van der Waals surface area (Å²) in [6.07, 6.45) is -0.139. The highest BCUT2D eigenvalue weighted by atomic mass is 16.6. The molecule has 0 heterocycles. The number of aliphatic carboxylic acids is 1. The molecular formula is C16H14N2O5. The molecule has 0 bridgehead atoms. The topological polar surface area (TPSA) is 110 Å². The number of carbonyl (C=O) groups excluding carboxylic acids is 1. The molecule has 2 aromatic carbocycles. The Hall–Kier alpha value is -3.22. The molecule has 0 saturated carbocycles. The highest BCUT2D eigenvalue weighted by Crippen LogP contribution is 2.20. The van der Waals surface area contributed by atoms with Gasteiger partial charge in [-0.15, -0.1) is 0 Å². The Kier molecular flexibility index (Phi) is 4.70. The van der Waals surface area contributed by atoms with E-state index >= 15 is 0 Å². The van der Waals surface area contributed by atoms with Crippen LogP contribution >= 0.6 is 0 Å². The van der Waals surface area contributed by atoms with Crippen molar-refractivity contribution < 1.29 is 19.6 Å². The second-order valence-electron chi connectivity index (χ2n) is 4.98. The van der Waals surface area contributed by atoms with E-state index in [0.717, 1.165) is 0 Å². The van der Waals surface area contributed by atoms with E-state index in [1.54, 1.807) is 31.2 Å². The van der Waals surface area contributed by atoms with Gasteiger partial charge in [0, 0.05) is 22.9 Å². The maximum Gasteiger partial charge on any atom is 0.307 e. The van der Waals surface area contributed by atoms with Gasteiger partial charge in [-0.25, -0.2) is 0 Å². The number of nitrogens with one attached hydrogen (secondary N) is 1. The van der Waals surface area contributed by atoms with E-state index in [4.69, 9.17) is 5.11 Å². The fraction of sp³-hybridized carbons (Fsp3) is 0.125. The molecule has 0 unspecified atom stereocenters. The smallest absolute Gasteiger partial charge is 0.307 e. The van der Waals surface area contributed by atoms with Crippen molar-refractivity contribution in [1.82, 2.24) is 0 Å². The molecule has 118 valence electrons. The van der Waals surface area contributed by atoms with Crippen LogP contribution in [0.2, 0.25) is 0 Å². The number of rotatable bonds is 5. The Balaban J connectivity index is 2.17. The lowest BCUT2D eigenvalue weighted by atomic mass is 10.1. The summed E-state index contributed by atoms with van der Waals surface area (Å²) >= 11 is 0. The van der Waals surface area contributed by atoms with Gasteiger partial charge in [-0.3, -0.25) is 19.7 Å². The summed E-state index contributed by atoms with van der Waals surface area (Å²) < 4.78 is 0. The van der Waals surface area contributed by atoms with Crippen LogP contribution in [0.15, 0.2) is 42.5 Å². The number of carboxylic acids is 1. The highest BCUT2D eigenvalue weighted by molar-refractivity contribution is 6.04. The Morgan fingerprint density at radius 3 is 2.57 bits per heavy atom. The number of benzene rings is 2. The van der Waals surface area contributed by atoms with Gasteiger partial charge in [0.25, 0.3) is 11.6 Å². The summed E-state index contributed by atoms with van der Waals surface area (Å²) in [6.45, 7) is 1.56. The van der Waals surface area contributed by atoms with Crippen molar-refractivity contribution >= 4 is 23.3 Å². The lowest BCUT2D eigenvalue weighted by molar-refractivity contribution is -0.385. The third kappa shape index (κ3) is 4.13. The van der Waals surface area contributed by atoms with E-state index in [9.17, 15) is 19.7 Å². The number of carboxylic acid groups (broad SMARTS) is 1. The van der Waals surface area contributed by atoms with Crippen molar-refractivity contribution in [1.29, 1.82) is 0 Å². The molecule has 23 heavy (non-hydrogen) atoms. The van der Waals surface area contributed by atoms with Crippen LogP contribution in [-0.4, -0.2) is 21.9 Å². The minimum Gasteiger partial charge on any atom is -0.481 e. The standard InChI is InChI=1S/C16H14N2O5/c1-10-7-12(5-6-14(10)18(22)23)16(21)17-13-4-2-3-11(8-13)9-15(19)20/h2-8H,9H2,1H3,(H,17,21)(H,19,20). The predicted octanol–water partition coefficient (Wildman–Crippen LogP) is 2.78. The second kappa shape index (κ2) is 6.69. The van der Waals surface area contributed by atoms with E-state index in [1.165, 1.54) is 18.2 Å². The molecule has 1 amide bonds. The Labute approximate surface area is 131 Å². The number of hydrogen-bond donors (Lipinski definition) is 2. The van der Waals surface area contributed by atoms with Crippen LogP contribution in [0.25, 0.3) is 0 Å². The van der Waals surface area contributed by atoms with Gasteiger partial charge in [0.1, 0.15) is 0 Å². The van der Waals surface area contributed by atoms with Gasteiger partial charge in [-0.1, -0.05) is 12.1 Å². The Morgan fingerprint density at radius 2 is 1.96 bits per heavy atom. The average molecular weight is 314 g/mol. The minimum atomic E-state index is -0.959. The molecule has 0 aliphatic heterocycles. The molecule has 0 saturated heterocycles. The maximum atomic E-state index is 12.2. The van der Waals surface area contributed by atoms with Crippen molar-refractivity contribution in [2.75, 3.05) is 5.32 Å². The van der Waals surface area contributed by atoms with E-state index < -0.39 is 16.8 Å². The summed E-state index contributed by atoms with van der Waals surface area (Å²) in [4.78, 5) is 33.2. The highest BCUT2D eigenvalue weighted by Gasteiger charge is 2.14. The third-order valence-corrected chi connectivity index (χ3v) is 3.20. The van der Waals surface area contributed by atoms with Crippen LogP contribution in [0.4, 0.5) is 11.4 Å². The van der Waals surface area contributed by atoms with Crippen LogP contribution in [0, 0.1) is 17.0 Å². The third-order valence-electron chi connectivity index (χ3n) is 3.20. The molecule has 2 rings (SSSR count). The first-order valence-electron chi connectivity index (χ1n) is 6.74. The largest absolute Gasteiger partial charge is 0.481 e. The van der Waals surface area contributed by atoms with Crippen molar-refractivity contribution in [2.24, 2.45) is 0 Å².